The number of rotatable bonds is 13. The van der Waals surface area contributed by atoms with Crippen LogP contribution in [0.3, 0.4) is 0 Å². The second-order valence-electron chi connectivity index (χ2n) is 23.5. The molecule has 8 heterocycles. The number of H-pyrrole nitrogens is 1. The van der Waals surface area contributed by atoms with E-state index in [1.165, 1.54) is 53.9 Å². The lowest BCUT2D eigenvalue weighted by Gasteiger charge is -2.10. The molecule has 0 aliphatic carbocycles. The number of halogens is 13. The average Bonchev–Trinajstić information content (AvgIpc) is 1.65. The zero-order chi connectivity index (χ0) is 76.9. The maximum Gasteiger partial charge on any atom is 0.416 e. The zero-order valence-electron chi connectivity index (χ0n) is 56.2. The molecule has 8 aromatic heterocycles. The molecule has 0 bridgehead atoms. The SMILES string of the molecule is FC(F)(F)c1ccc(Oc2ccc(-n3ccc4ccncc43)cc2)cc1.FC(F)(F)c1ccc(Oc2ccc(I)cc2)cc1.O=Cc1cn(-c2ccc(Oc3ccc(C(F)(F)F)cc3)cc2)c2cnccc12.OCc1cn(-c2ccc(Oc3ccc(C(F)(F)F)cc3)cc2)c2cnccc12.c1cc2cc[nH]c2cn1. The number of aromatic nitrogens is 8. The molecule has 0 radical (unpaired) electrons. The number of fused-ring (bicyclic) bond motifs is 4. The molecule has 550 valence electrons. The van der Waals surface area contributed by atoms with Gasteiger partial charge in [0.1, 0.15) is 46.0 Å². The third-order valence-electron chi connectivity index (χ3n) is 16.3. The van der Waals surface area contributed by atoms with Gasteiger partial charge in [-0.15, -0.1) is 0 Å². The van der Waals surface area contributed by atoms with E-state index in [0.717, 1.165) is 119 Å². The number of hydrogen-bond donors (Lipinski definition) is 2. The summed E-state index contributed by atoms with van der Waals surface area (Å²) >= 11 is 2.16. The number of carbonyl (C=O) groups excluding carboxylic acids is 1. The molecule has 0 aliphatic rings. The van der Waals surface area contributed by atoms with E-state index in [2.05, 4.69) is 47.5 Å². The molecule has 0 saturated carbocycles. The summed E-state index contributed by atoms with van der Waals surface area (Å²) in [5, 5.41) is 13.6. The molecule has 0 fully saturated rings. The van der Waals surface area contributed by atoms with Crippen molar-refractivity contribution in [2.24, 2.45) is 0 Å². The minimum Gasteiger partial charge on any atom is -0.457 e. The van der Waals surface area contributed by atoms with E-state index in [4.69, 9.17) is 18.9 Å². The molecule has 0 saturated heterocycles. The van der Waals surface area contributed by atoms with Crippen molar-refractivity contribution < 1.29 is 81.5 Å². The summed E-state index contributed by atoms with van der Waals surface area (Å²) in [5.41, 5.74) is 4.84. The summed E-state index contributed by atoms with van der Waals surface area (Å²) in [6.07, 6.45) is 4.64. The van der Waals surface area contributed by atoms with Gasteiger partial charge in [-0.05, 0) is 253 Å². The Morgan fingerprint density at radius 3 is 1.08 bits per heavy atom. The number of aromatic amines is 1. The van der Waals surface area contributed by atoms with Crippen molar-refractivity contribution >= 4 is 72.5 Å². The van der Waals surface area contributed by atoms with Crippen LogP contribution in [0.15, 0.2) is 305 Å². The number of hydrogen-bond acceptors (Lipinski definition) is 10. The summed E-state index contributed by atoms with van der Waals surface area (Å²) in [6, 6.07) is 58.5. The van der Waals surface area contributed by atoms with E-state index in [0.29, 0.717) is 51.6 Å². The maximum atomic E-state index is 12.6. The Kier molecular flexibility index (Phi) is 23.2. The van der Waals surface area contributed by atoms with Gasteiger partial charge in [0.15, 0.2) is 6.29 Å². The lowest BCUT2D eigenvalue weighted by Crippen LogP contribution is -2.04. The molecular weight excluding hydrogens is 1550 g/mol. The van der Waals surface area contributed by atoms with Crippen LogP contribution in [0.25, 0.3) is 60.7 Å². The first-order valence-electron chi connectivity index (χ1n) is 32.5. The first kappa shape index (κ1) is 75.9. The summed E-state index contributed by atoms with van der Waals surface area (Å²) in [7, 11) is 0. The number of aliphatic hydroxyl groups is 1. The number of pyridine rings is 4. The molecule has 109 heavy (non-hydrogen) atoms. The molecule has 0 unspecified atom stereocenters. The van der Waals surface area contributed by atoms with Crippen LogP contribution in [-0.2, 0) is 31.3 Å². The van der Waals surface area contributed by atoms with Gasteiger partial charge in [-0.25, -0.2) is 0 Å². The maximum absolute atomic E-state index is 12.6. The van der Waals surface area contributed by atoms with Crippen molar-refractivity contribution in [3.8, 4) is 63.1 Å². The standard InChI is InChI=1S/C21H15F3N2O2.C21H13F3N2O2.C20H13F3N2O.C13H8F3IO.C7H6N2/c2*22-21(23,24)15-1-5-17(6-2-15)28-18-7-3-16(4-8-18)26-12-14(13-27)19-9-10-25-11-20(19)26;21-20(22,23)15-1-5-17(6-2-15)26-18-7-3-16(4-8-18)25-12-10-14-9-11-24-13-19(14)25;14-13(15,16)9-1-5-11(6-2-9)18-12-7-3-10(17)4-8-12;1-3-8-5-7-6(1)2-4-9-7/h1-12,27H,13H2;1-13H;1-13H;1-8H;1-5,9H. The van der Waals surface area contributed by atoms with Gasteiger partial charge in [-0.3, -0.25) is 24.7 Å². The van der Waals surface area contributed by atoms with Crippen molar-refractivity contribution in [3.05, 3.63) is 342 Å². The van der Waals surface area contributed by atoms with Gasteiger partial charge in [-0.2, -0.15) is 52.7 Å². The molecule has 0 spiro atoms. The quantitative estimate of drug-likeness (QED) is 0.0647. The van der Waals surface area contributed by atoms with Crippen LogP contribution in [0.1, 0.15) is 38.2 Å². The molecule has 14 nitrogen and oxygen atoms in total. The Labute approximate surface area is 625 Å². The number of aliphatic hydroxyl groups excluding tert-OH is 1. The van der Waals surface area contributed by atoms with Crippen LogP contribution >= 0.6 is 22.6 Å². The number of carbonyl (C=O) groups is 1. The van der Waals surface area contributed by atoms with Gasteiger partial charge in [0, 0.05) is 103 Å². The molecule has 27 heteroatoms. The van der Waals surface area contributed by atoms with Gasteiger partial charge in [0.25, 0.3) is 0 Å². The highest BCUT2D eigenvalue weighted by molar-refractivity contribution is 14.1. The number of ether oxygens (including phenoxy) is 4. The minimum absolute atomic E-state index is 0.0807. The van der Waals surface area contributed by atoms with Crippen molar-refractivity contribution in [1.29, 1.82) is 0 Å². The smallest absolute Gasteiger partial charge is 0.416 e. The zero-order valence-corrected chi connectivity index (χ0v) is 58.3. The molecular formula is C82H55F12IN8O6. The van der Waals surface area contributed by atoms with Crippen LogP contribution in [-0.4, -0.2) is 50.0 Å². The number of nitrogens with one attached hydrogen (secondary N) is 1. The fourth-order valence-electron chi connectivity index (χ4n) is 10.9. The first-order valence-corrected chi connectivity index (χ1v) is 33.6. The summed E-state index contributed by atoms with van der Waals surface area (Å²) in [4.78, 5) is 30.7. The lowest BCUT2D eigenvalue weighted by molar-refractivity contribution is -0.138. The minimum atomic E-state index is -4.38. The fraction of sp³-hybridized carbons (Fsp3) is 0.0610. The van der Waals surface area contributed by atoms with E-state index in [1.807, 2.05) is 105 Å². The summed E-state index contributed by atoms with van der Waals surface area (Å²) in [5.74, 6) is 3.47. The lowest BCUT2D eigenvalue weighted by atomic mass is 10.2. The van der Waals surface area contributed by atoms with E-state index in [1.54, 1.807) is 116 Å². The third-order valence-corrected chi connectivity index (χ3v) is 17.0. The highest BCUT2D eigenvalue weighted by Crippen LogP contribution is 2.37. The van der Waals surface area contributed by atoms with Gasteiger partial charge in [0.2, 0.25) is 0 Å². The predicted molar refractivity (Wildman–Crippen MR) is 396 cm³/mol. The number of aldehydes is 1. The number of nitrogens with zero attached hydrogens (tertiary/aromatic N) is 7. The Bertz CT molecular complexity index is 5650. The first-order chi connectivity index (χ1) is 52.3. The Morgan fingerprint density at radius 2 is 0.697 bits per heavy atom. The molecule has 2 N–H and O–H groups in total. The van der Waals surface area contributed by atoms with Crippen molar-refractivity contribution in [3.63, 3.8) is 0 Å². The van der Waals surface area contributed by atoms with E-state index >= 15 is 0 Å². The highest BCUT2D eigenvalue weighted by Gasteiger charge is 2.33. The Morgan fingerprint density at radius 1 is 0.367 bits per heavy atom. The molecule has 0 atom stereocenters. The average molecular weight is 1600 g/mol. The Balaban J connectivity index is 0.000000131. The van der Waals surface area contributed by atoms with E-state index < -0.39 is 47.0 Å². The topological polar surface area (TPSA) is 156 Å². The molecule has 16 rings (SSSR count). The van der Waals surface area contributed by atoms with Gasteiger partial charge in [0.05, 0.1) is 75.7 Å². The second-order valence-corrected chi connectivity index (χ2v) is 24.8. The van der Waals surface area contributed by atoms with Crippen molar-refractivity contribution in [2.45, 2.75) is 31.3 Å². The fourth-order valence-corrected chi connectivity index (χ4v) is 11.3. The van der Waals surface area contributed by atoms with Gasteiger partial charge in [-0.1, -0.05) is 0 Å². The highest BCUT2D eigenvalue weighted by atomic mass is 127. The van der Waals surface area contributed by atoms with Crippen LogP contribution in [0.4, 0.5) is 52.7 Å². The van der Waals surface area contributed by atoms with Crippen LogP contribution < -0.4 is 18.9 Å². The third kappa shape index (κ3) is 19.5. The van der Waals surface area contributed by atoms with Crippen LogP contribution in [0.5, 0.6) is 46.0 Å². The summed E-state index contributed by atoms with van der Waals surface area (Å²) < 4.78 is 180. The molecule has 0 aliphatic heterocycles. The van der Waals surface area contributed by atoms with Crippen molar-refractivity contribution in [1.82, 2.24) is 38.6 Å². The van der Waals surface area contributed by atoms with Gasteiger partial charge < -0.3 is 42.7 Å². The molecule has 0 amide bonds. The Hall–Kier alpha value is -12.8. The summed E-state index contributed by atoms with van der Waals surface area (Å²) in [6.45, 7) is -0.0807. The number of benzene rings is 8. The second kappa shape index (κ2) is 33.4. The monoisotopic (exact) mass is 1600 g/mol. The number of alkyl halides is 12. The largest absolute Gasteiger partial charge is 0.457 e. The molecule has 8 aromatic carbocycles. The van der Waals surface area contributed by atoms with Crippen LogP contribution in [0, 0.1) is 3.57 Å². The normalized spacial score (nSPS) is 11.5. The molecule has 16 aromatic rings. The van der Waals surface area contributed by atoms with E-state index in [9.17, 15) is 62.6 Å². The van der Waals surface area contributed by atoms with Crippen molar-refractivity contribution in [2.75, 3.05) is 0 Å². The van der Waals surface area contributed by atoms with Gasteiger partial charge >= 0.3 is 24.7 Å². The van der Waals surface area contributed by atoms with Crippen LogP contribution in [0.2, 0.25) is 0 Å². The van der Waals surface area contributed by atoms with E-state index in [-0.39, 0.29) is 6.61 Å². The predicted octanol–water partition coefficient (Wildman–Crippen LogP) is 23.5.